The van der Waals surface area contributed by atoms with Crippen LogP contribution in [-0.2, 0) is 16.6 Å². The van der Waals surface area contributed by atoms with E-state index in [0.29, 0.717) is 35.9 Å². The molecule has 0 radical (unpaired) electrons. The Kier molecular flexibility index (Phi) is 5.89. The number of rotatable bonds is 6. The average molecular weight is 448 g/mol. The van der Waals surface area contributed by atoms with E-state index in [1.807, 2.05) is 0 Å². The summed E-state index contributed by atoms with van der Waals surface area (Å²) in [7, 11) is -3.52. The maximum Gasteiger partial charge on any atom is 0.289 e. The number of sulfonamides is 1. The first-order valence-corrected chi connectivity index (χ1v) is 11.9. The number of nitrogens with zero attached hydrogens (tertiary/aromatic N) is 2. The van der Waals surface area contributed by atoms with Crippen LogP contribution in [0.3, 0.4) is 0 Å². The van der Waals surface area contributed by atoms with Crippen molar-refractivity contribution in [1.82, 2.24) is 14.2 Å². The van der Waals surface area contributed by atoms with E-state index in [1.165, 1.54) is 22.0 Å². The minimum Gasteiger partial charge on any atom is -0.454 e. The topological polar surface area (TPSA) is 102 Å². The lowest BCUT2D eigenvalue weighted by Gasteiger charge is -2.31. The van der Waals surface area contributed by atoms with Crippen LogP contribution >= 0.6 is 11.3 Å². The van der Waals surface area contributed by atoms with Gasteiger partial charge in [-0.05, 0) is 42.5 Å². The van der Waals surface area contributed by atoms with Gasteiger partial charge >= 0.3 is 0 Å². The number of hydrogen-bond acceptors (Lipinski definition) is 6. The molecule has 4 heterocycles. The van der Waals surface area contributed by atoms with Crippen LogP contribution in [0.2, 0.25) is 0 Å². The third kappa shape index (κ3) is 4.55. The maximum absolute atomic E-state index is 12.7. The maximum atomic E-state index is 12.7. The molecular formula is C20H21N3O5S2. The molecule has 0 atom stereocenters. The summed E-state index contributed by atoms with van der Waals surface area (Å²) in [6.07, 6.45) is 2.72. The number of carbonyl (C=O) groups excluding carboxylic acids is 1. The van der Waals surface area contributed by atoms with Crippen molar-refractivity contribution in [3.8, 4) is 0 Å². The fourth-order valence-electron chi connectivity index (χ4n) is 3.39. The monoisotopic (exact) mass is 447 g/mol. The van der Waals surface area contributed by atoms with Crippen molar-refractivity contribution in [2.45, 2.75) is 29.6 Å². The van der Waals surface area contributed by atoms with Crippen molar-refractivity contribution < 1.29 is 17.6 Å². The van der Waals surface area contributed by atoms with Gasteiger partial charge in [0.2, 0.25) is 10.0 Å². The zero-order valence-corrected chi connectivity index (χ0v) is 17.7. The number of furan rings is 1. The van der Waals surface area contributed by atoms with E-state index < -0.39 is 10.0 Å². The molecule has 8 nitrogen and oxygen atoms in total. The number of amides is 1. The third-order valence-electron chi connectivity index (χ3n) is 4.96. The van der Waals surface area contributed by atoms with Crippen LogP contribution in [0.15, 0.2) is 67.5 Å². The summed E-state index contributed by atoms with van der Waals surface area (Å²) in [5.41, 5.74) is -0.145. The van der Waals surface area contributed by atoms with Gasteiger partial charge < -0.3 is 13.9 Å². The summed E-state index contributed by atoms with van der Waals surface area (Å²) in [5.74, 6) is 0.498. The number of likely N-dealkylation sites (tertiary alicyclic amines) is 1. The molecule has 0 aliphatic carbocycles. The predicted molar refractivity (Wildman–Crippen MR) is 112 cm³/mol. The molecule has 1 saturated heterocycles. The smallest absolute Gasteiger partial charge is 0.289 e. The quantitative estimate of drug-likeness (QED) is 0.624. The fourth-order valence-corrected chi connectivity index (χ4v) is 5.70. The van der Waals surface area contributed by atoms with Crippen LogP contribution in [0.1, 0.15) is 29.2 Å². The van der Waals surface area contributed by atoms with Gasteiger partial charge in [0.15, 0.2) is 5.76 Å². The zero-order chi connectivity index (χ0) is 21.1. The highest BCUT2D eigenvalue weighted by Crippen LogP contribution is 2.20. The molecule has 0 spiro atoms. The number of thiophene rings is 1. The minimum atomic E-state index is -3.52. The summed E-state index contributed by atoms with van der Waals surface area (Å²) < 4.78 is 34.9. The lowest BCUT2D eigenvalue weighted by Crippen LogP contribution is -2.46. The summed E-state index contributed by atoms with van der Waals surface area (Å²) in [5, 5.41) is 1.72. The molecule has 0 bridgehead atoms. The molecule has 1 N–H and O–H groups in total. The van der Waals surface area contributed by atoms with Gasteiger partial charge in [-0.1, -0.05) is 12.1 Å². The predicted octanol–water partition coefficient (Wildman–Crippen LogP) is 2.13. The number of aromatic nitrogens is 1. The molecule has 30 heavy (non-hydrogen) atoms. The Morgan fingerprint density at radius 1 is 1.13 bits per heavy atom. The SMILES string of the molecule is O=C(c1ccc(Cn2ccccc2=O)o1)N1CCC(NS(=O)(=O)c2cccs2)CC1. The molecule has 158 valence electrons. The Hall–Kier alpha value is -2.69. The molecule has 10 heteroatoms. The summed E-state index contributed by atoms with van der Waals surface area (Å²) in [6, 6.07) is 11.2. The first kappa shape index (κ1) is 20.6. The second kappa shape index (κ2) is 8.58. The second-order valence-corrected chi connectivity index (χ2v) is 9.94. The first-order valence-electron chi connectivity index (χ1n) is 9.52. The number of piperidine rings is 1. The van der Waals surface area contributed by atoms with Crippen molar-refractivity contribution in [1.29, 1.82) is 0 Å². The van der Waals surface area contributed by atoms with Gasteiger partial charge in [0.25, 0.3) is 11.5 Å². The highest BCUT2D eigenvalue weighted by molar-refractivity contribution is 7.91. The summed E-state index contributed by atoms with van der Waals surface area (Å²) in [4.78, 5) is 26.2. The molecule has 0 aromatic carbocycles. The van der Waals surface area contributed by atoms with Crippen LogP contribution in [0, 0.1) is 0 Å². The normalized spacial score (nSPS) is 15.4. The zero-order valence-electron chi connectivity index (χ0n) is 16.1. The van der Waals surface area contributed by atoms with E-state index >= 15 is 0 Å². The highest BCUT2D eigenvalue weighted by atomic mass is 32.2. The number of nitrogens with one attached hydrogen (secondary N) is 1. The number of carbonyl (C=O) groups is 1. The molecular weight excluding hydrogens is 426 g/mol. The molecule has 4 rings (SSSR count). The van der Waals surface area contributed by atoms with Gasteiger partial charge in [-0.3, -0.25) is 9.59 Å². The van der Waals surface area contributed by atoms with Crippen molar-refractivity contribution in [2.24, 2.45) is 0 Å². The van der Waals surface area contributed by atoms with Crippen molar-refractivity contribution in [2.75, 3.05) is 13.1 Å². The fraction of sp³-hybridized carbons (Fsp3) is 0.300. The van der Waals surface area contributed by atoms with Gasteiger partial charge in [-0.2, -0.15) is 0 Å². The van der Waals surface area contributed by atoms with Crippen molar-refractivity contribution in [3.63, 3.8) is 0 Å². The lowest BCUT2D eigenvalue weighted by atomic mass is 10.1. The first-order chi connectivity index (χ1) is 14.4. The van der Waals surface area contributed by atoms with Gasteiger partial charge in [-0.25, -0.2) is 13.1 Å². The molecule has 3 aromatic rings. The lowest BCUT2D eigenvalue weighted by molar-refractivity contribution is 0.0677. The van der Waals surface area contributed by atoms with Gasteiger partial charge in [0.1, 0.15) is 9.97 Å². The standard InChI is InChI=1S/C20H21N3O5S2/c24-18-4-1-2-10-23(18)14-16-6-7-17(28-16)20(25)22-11-8-15(9-12-22)21-30(26,27)19-5-3-13-29-19/h1-7,10,13,15,21H,8-9,11-12,14H2. The van der Waals surface area contributed by atoms with Gasteiger partial charge in [0, 0.05) is 31.4 Å². The van der Waals surface area contributed by atoms with Crippen LogP contribution in [0.5, 0.6) is 0 Å². The average Bonchev–Trinajstić information content (AvgIpc) is 3.42. The van der Waals surface area contributed by atoms with Crippen molar-refractivity contribution >= 4 is 27.3 Å². The molecule has 1 aliphatic heterocycles. The molecule has 0 saturated carbocycles. The molecule has 3 aromatic heterocycles. The third-order valence-corrected chi connectivity index (χ3v) is 7.88. The van der Waals surface area contributed by atoms with E-state index in [9.17, 15) is 18.0 Å². The van der Waals surface area contributed by atoms with Crippen LogP contribution < -0.4 is 10.3 Å². The Labute approximate surface area is 177 Å². The van der Waals surface area contributed by atoms with Crippen LogP contribution in [-0.4, -0.2) is 42.9 Å². The molecule has 1 fully saturated rings. The Morgan fingerprint density at radius 2 is 1.93 bits per heavy atom. The van der Waals surface area contributed by atoms with Crippen LogP contribution in [0.25, 0.3) is 0 Å². The number of pyridine rings is 1. The Morgan fingerprint density at radius 3 is 2.63 bits per heavy atom. The Bertz CT molecular complexity index is 1170. The van der Waals surface area contributed by atoms with Crippen LogP contribution in [0.4, 0.5) is 0 Å². The van der Waals surface area contributed by atoms with E-state index in [4.69, 9.17) is 4.42 Å². The molecule has 0 unspecified atom stereocenters. The van der Waals surface area contributed by atoms with Crippen molar-refractivity contribution in [3.05, 3.63) is 75.9 Å². The second-order valence-electron chi connectivity index (χ2n) is 7.05. The minimum absolute atomic E-state index is 0.145. The van der Waals surface area contributed by atoms with Gasteiger partial charge in [-0.15, -0.1) is 11.3 Å². The molecule has 1 amide bonds. The largest absolute Gasteiger partial charge is 0.454 e. The highest BCUT2D eigenvalue weighted by Gasteiger charge is 2.28. The summed E-state index contributed by atoms with van der Waals surface area (Å²) >= 11 is 1.18. The van der Waals surface area contributed by atoms with E-state index in [0.717, 1.165) is 0 Å². The van der Waals surface area contributed by atoms with Gasteiger partial charge in [0.05, 0.1) is 6.54 Å². The number of hydrogen-bond donors (Lipinski definition) is 1. The van der Waals surface area contributed by atoms with E-state index in [1.54, 1.807) is 52.9 Å². The van der Waals surface area contributed by atoms with E-state index in [-0.39, 0.29) is 29.8 Å². The van der Waals surface area contributed by atoms with E-state index in [2.05, 4.69) is 4.72 Å². The summed E-state index contributed by atoms with van der Waals surface area (Å²) in [6.45, 7) is 1.12. The Balaban J connectivity index is 1.34. The molecule has 1 aliphatic rings.